The van der Waals surface area contributed by atoms with E-state index in [1.54, 1.807) is 11.3 Å². The molecule has 0 aliphatic carbocycles. The maximum absolute atomic E-state index is 12.4. The van der Waals surface area contributed by atoms with Crippen LogP contribution in [0, 0.1) is 5.92 Å². The lowest BCUT2D eigenvalue weighted by Gasteiger charge is -2.31. The summed E-state index contributed by atoms with van der Waals surface area (Å²) in [5.74, 6) is 0.509. The molecule has 0 radical (unpaired) electrons. The summed E-state index contributed by atoms with van der Waals surface area (Å²) in [6, 6.07) is 4.24. The molecule has 1 aromatic rings. The molecule has 0 bridgehead atoms. The van der Waals surface area contributed by atoms with E-state index in [9.17, 15) is 4.79 Å². The molecule has 1 saturated heterocycles. The number of hydrogen-bond donors (Lipinski definition) is 0. The van der Waals surface area contributed by atoms with Gasteiger partial charge in [0, 0.05) is 37.1 Å². The van der Waals surface area contributed by atoms with E-state index >= 15 is 0 Å². The Kier molecular flexibility index (Phi) is 3.99. The van der Waals surface area contributed by atoms with Crippen LogP contribution in [0.15, 0.2) is 23.6 Å². The van der Waals surface area contributed by atoms with Crippen LogP contribution in [-0.4, -0.2) is 37.1 Å². The van der Waals surface area contributed by atoms with Gasteiger partial charge in [-0.25, -0.2) is 0 Å². The van der Waals surface area contributed by atoms with Crippen molar-refractivity contribution in [2.24, 2.45) is 5.92 Å². The largest absolute Gasteiger partial charge is 0.381 e. The Morgan fingerprint density at radius 2 is 2.21 bits per heavy atom. The van der Waals surface area contributed by atoms with Crippen molar-refractivity contribution >= 4 is 22.8 Å². The number of amides is 1. The van der Waals surface area contributed by atoms with Gasteiger partial charge in [-0.1, -0.05) is 12.1 Å². The van der Waals surface area contributed by atoms with Crippen molar-refractivity contribution in [2.75, 3.05) is 26.3 Å². The third-order valence-corrected chi connectivity index (χ3v) is 4.87. The Labute approximate surface area is 117 Å². The summed E-state index contributed by atoms with van der Waals surface area (Å²) in [5, 5.41) is 2.11. The molecule has 1 fully saturated rings. The Bertz CT molecular complexity index is 460. The topological polar surface area (TPSA) is 29.5 Å². The molecule has 3 nitrogen and oxygen atoms in total. The van der Waals surface area contributed by atoms with Crippen molar-refractivity contribution in [3.63, 3.8) is 0 Å². The van der Waals surface area contributed by atoms with Crippen LogP contribution in [0.5, 0.6) is 0 Å². The maximum atomic E-state index is 12.4. The van der Waals surface area contributed by atoms with Gasteiger partial charge in [-0.05, 0) is 36.3 Å². The van der Waals surface area contributed by atoms with Crippen LogP contribution in [0.2, 0.25) is 0 Å². The zero-order valence-electron chi connectivity index (χ0n) is 11.0. The number of ether oxygens (including phenoxy) is 1. The number of rotatable bonds is 2. The number of nitrogens with zero attached hydrogens (tertiary/aromatic N) is 1. The molecule has 4 heteroatoms. The van der Waals surface area contributed by atoms with Gasteiger partial charge in [0.2, 0.25) is 5.91 Å². The highest BCUT2D eigenvalue weighted by Crippen LogP contribution is 2.27. The molecule has 0 spiro atoms. The molecule has 0 atom stereocenters. The van der Waals surface area contributed by atoms with Gasteiger partial charge in [-0.15, -0.1) is 11.3 Å². The number of carbonyl (C=O) groups excluding carboxylic acids is 1. The fraction of sp³-hybridized carbons (Fsp3) is 0.533. The van der Waals surface area contributed by atoms with Crippen LogP contribution in [0.3, 0.4) is 0 Å². The van der Waals surface area contributed by atoms with Crippen molar-refractivity contribution in [3.05, 3.63) is 28.5 Å². The molecule has 0 saturated carbocycles. The SMILES string of the molecule is O=C(C1CCOCC1)N1CC=C(c2cccs2)CC1. The predicted octanol–water partition coefficient (Wildman–Crippen LogP) is 2.79. The van der Waals surface area contributed by atoms with Crippen LogP contribution >= 0.6 is 11.3 Å². The van der Waals surface area contributed by atoms with E-state index in [4.69, 9.17) is 4.74 Å². The smallest absolute Gasteiger partial charge is 0.226 e. The molecule has 1 aromatic heterocycles. The minimum Gasteiger partial charge on any atom is -0.381 e. The monoisotopic (exact) mass is 277 g/mol. The second kappa shape index (κ2) is 5.88. The van der Waals surface area contributed by atoms with Crippen LogP contribution in [0.1, 0.15) is 24.1 Å². The van der Waals surface area contributed by atoms with Gasteiger partial charge in [0.25, 0.3) is 0 Å². The summed E-state index contributed by atoms with van der Waals surface area (Å²) in [7, 11) is 0. The summed E-state index contributed by atoms with van der Waals surface area (Å²) >= 11 is 1.78. The molecular weight excluding hydrogens is 258 g/mol. The first-order chi connectivity index (χ1) is 9.34. The summed E-state index contributed by atoms with van der Waals surface area (Å²) < 4.78 is 5.32. The zero-order chi connectivity index (χ0) is 13.1. The minimum atomic E-state index is 0.186. The highest BCUT2D eigenvalue weighted by atomic mass is 32.1. The summed E-state index contributed by atoms with van der Waals surface area (Å²) in [4.78, 5) is 15.7. The van der Waals surface area contributed by atoms with Gasteiger partial charge in [0.15, 0.2) is 0 Å². The van der Waals surface area contributed by atoms with Gasteiger partial charge >= 0.3 is 0 Å². The average molecular weight is 277 g/mol. The summed E-state index contributed by atoms with van der Waals surface area (Å²) in [6.45, 7) is 3.10. The first-order valence-electron chi connectivity index (χ1n) is 6.94. The van der Waals surface area contributed by atoms with E-state index in [1.165, 1.54) is 10.5 Å². The quantitative estimate of drug-likeness (QED) is 0.832. The molecule has 3 heterocycles. The first kappa shape index (κ1) is 12.9. The lowest BCUT2D eigenvalue weighted by molar-refractivity contribution is -0.138. The van der Waals surface area contributed by atoms with Crippen molar-refractivity contribution < 1.29 is 9.53 Å². The van der Waals surface area contributed by atoms with E-state index in [0.717, 1.165) is 45.6 Å². The number of hydrogen-bond acceptors (Lipinski definition) is 3. The lowest BCUT2D eigenvalue weighted by atomic mass is 9.97. The molecule has 0 unspecified atom stereocenters. The first-order valence-corrected chi connectivity index (χ1v) is 7.82. The maximum Gasteiger partial charge on any atom is 0.226 e. The van der Waals surface area contributed by atoms with Gasteiger partial charge in [0.05, 0.1) is 0 Å². The second-order valence-corrected chi connectivity index (χ2v) is 6.08. The number of thiophene rings is 1. The molecule has 3 rings (SSSR count). The van der Waals surface area contributed by atoms with Gasteiger partial charge < -0.3 is 9.64 Å². The van der Waals surface area contributed by atoms with Crippen molar-refractivity contribution in [1.82, 2.24) is 4.90 Å². The van der Waals surface area contributed by atoms with E-state index < -0.39 is 0 Å². The van der Waals surface area contributed by atoms with Crippen LogP contribution in [0.4, 0.5) is 0 Å². The fourth-order valence-corrected chi connectivity index (χ4v) is 3.55. The van der Waals surface area contributed by atoms with Crippen molar-refractivity contribution in [2.45, 2.75) is 19.3 Å². The Hall–Kier alpha value is -1.13. The van der Waals surface area contributed by atoms with E-state index in [1.807, 2.05) is 4.90 Å². The second-order valence-electron chi connectivity index (χ2n) is 5.13. The Morgan fingerprint density at radius 3 is 2.84 bits per heavy atom. The molecular formula is C15H19NO2S. The van der Waals surface area contributed by atoms with Gasteiger partial charge in [-0.2, -0.15) is 0 Å². The third-order valence-electron chi connectivity index (χ3n) is 3.93. The summed E-state index contributed by atoms with van der Waals surface area (Å²) in [5.41, 5.74) is 1.39. The van der Waals surface area contributed by atoms with Crippen LogP contribution < -0.4 is 0 Å². The number of carbonyl (C=O) groups is 1. The van der Waals surface area contributed by atoms with E-state index in [-0.39, 0.29) is 5.92 Å². The lowest BCUT2D eigenvalue weighted by Crippen LogP contribution is -2.40. The van der Waals surface area contributed by atoms with E-state index in [0.29, 0.717) is 5.91 Å². The zero-order valence-corrected chi connectivity index (χ0v) is 11.8. The molecule has 2 aliphatic heterocycles. The van der Waals surface area contributed by atoms with Crippen molar-refractivity contribution in [1.29, 1.82) is 0 Å². The molecule has 2 aliphatic rings. The molecule has 102 valence electrons. The van der Waals surface area contributed by atoms with Crippen LogP contribution in [-0.2, 0) is 9.53 Å². The van der Waals surface area contributed by atoms with Gasteiger partial charge in [-0.3, -0.25) is 4.79 Å². The third kappa shape index (κ3) is 2.90. The van der Waals surface area contributed by atoms with E-state index in [2.05, 4.69) is 23.6 Å². The highest BCUT2D eigenvalue weighted by Gasteiger charge is 2.27. The molecule has 0 N–H and O–H groups in total. The fourth-order valence-electron chi connectivity index (χ4n) is 2.76. The minimum absolute atomic E-state index is 0.186. The normalized spacial score (nSPS) is 21.3. The Balaban J connectivity index is 1.61. The summed E-state index contributed by atoms with van der Waals surface area (Å²) in [6.07, 6.45) is 4.97. The Morgan fingerprint density at radius 1 is 1.37 bits per heavy atom. The van der Waals surface area contributed by atoms with Crippen LogP contribution in [0.25, 0.3) is 5.57 Å². The molecule has 0 aromatic carbocycles. The highest BCUT2D eigenvalue weighted by molar-refractivity contribution is 7.11. The molecule has 19 heavy (non-hydrogen) atoms. The van der Waals surface area contributed by atoms with Gasteiger partial charge in [0.1, 0.15) is 0 Å². The molecule has 1 amide bonds. The average Bonchev–Trinajstić information content (AvgIpc) is 3.02. The van der Waals surface area contributed by atoms with Crippen molar-refractivity contribution in [3.8, 4) is 0 Å². The predicted molar refractivity (Wildman–Crippen MR) is 77.0 cm³/mol. The standard InChI is InChI=1S/C15H19NO2S/c17-15(13-5-9-18-10-6-13)16-7-3-12(4-8-16)14-2-1-11-19-14/h1-3,11,13H,4-10H2.